The van der Waals surface area contributed by atoms with Crippen LogP contribution in [0.5, 0.6) is 0 Å². The van der Waals surface area contributed by atoms with E-state index in [1.54, 1.807) is 0 Å². The van der Waals surface area contributed by atoms with Crippen molar-refractivity contribution in [2.45, 2.75) is 12.4 Å². The lowest BCUT2D eigenvalue weighted by Crippen LogP contribution is -2.30. The van der Waals surface area contributed by atoms with Crippen LogP contribution in [-0.2, 0) is 12.4 Å². The molecule has 0 fully saturated rings. The highest BCUT2D eigenvalue weighted by atomic mass is 19.4. The van der Waals surface area contributed by atoms with E-state index in [9.17, 15) is 31.1 Å². The number of amides is 2. The van der Waals surface area contributed by atoms with Gasteiger partial charge in [-0.2, -0.15) is 26.3 Å². The first-order chi connectivity index (χ1) is 26.9. The summed E-state index contributed by atoms with van der Waals surface area (Å²) in [5.41, 5.74) is 2.05. The van der Waals surface area contributed by atoms with Crippen LogP contribution in [0.15, 0.2) is 158 Å². The van der Waals surface area contributed by atoms with Crippen LogP contribution in [-0.4, -0.2) is 16.4 Å². The van der Waals surface area contributed by atoms with Gasteiger partial charge >= 0.3 is 12.4 Å². The minimum atomic E-state index is -4.78. The zero-order valence-electron chi connectivity index (χ0n) is 29.0. The second-order valence-corrected chi connectivity index (χ2v) is 13.5. The summed E-state index contributed by atoms with van der Waals surface area (Å²) in [6, 6.07) is 42.1. The van der Waals surface area contributed by atoms with Gasteiger partial charge in [0.05, 0.1) is 44.7 Å². The molecule has 0 spiro atoms. The smallest absolute Gasteiger partial charge is 0.308 e. The Morgan fingerprint density at radius 3 is 1.34 bits per heavy atom. The molecule has 2 heterocycles. The largest absolute Gasteiger partial charge is 0.416 e. The van der Waals surface area contributed by atoms with E-state index in [0.717, 1.165) is 40.3 Å². The molecule has 7 aromatic carbocycles. The SMILES string of the molecule is O=C1c2cccc(-n3c4cc(C(F)(F)F)ccc4c4ccc(C(F)(F)F)cc43)c2C(=O)N1c1c(-c2ccccc2)cc(-c2ccccc2)cc1-c1ccccc1. The summed E-state index contributed by atoms with van der Waals surface area (Å²) in [6.45, 7) is 0. The zero-order valence-corrected chi connectivity index (χ0v) is 29.0. The second kappa shape index (κ2) is 12.8. The number of hydrogen-bond acceptors (Lipinski definition) is 2. The molecule has 1 aliphatic heterocycles. The number of carbonyl (C=O) groups is 2. The average molecular weight is 753 g/mol. The Hall–Kier alpha value is -6.94. The van der Waals surface area contributed by atoms with Crippen LogP contribution >= 0.6 is 0 Å². The fourth-order valence-electron chi connectivity index (χ4n) is 7.64. The number of anilines is 1. The summed E-state index contributed by atoms with van der Waals surface area (Å²) in [5, 5.41) is 0.476. The Bertz CT molecular complexity index is 2730. The van der Waals surface area contributed by atoms with Gasteiger partial charge in [-0.25, -0.2) is 4.90 Å². The van der Waals surface area contributed by atoms with Crippen LogP contribution in [0.2, 0.25) is 0 Å². The van der Waals surface area contributed by atoms with E-state index in [2.05, 4.69) is 0 Å². The van der Waals surface area contributed by atoms with Gasteiger partial charge in [0.15, 0.2) is 0 Å². The third-order valence-corrected chi connectivity index (χ3v) is 10.2. The van der Waals surface area contributed by atoms with Gasteiger partial charge in [-0.1, -0.05) is 109 Å². The third-order valence-electron chi connectivity index (χ3n) is 10.2. The maximum atomic E-state index is 15.1. The van der Waals surface area contributed by atoms with Crippen LogP contribution in [0.25, 0.3) is 60.9 Å². The summed E-state index contributed by atoms with van der Waals surface area (Å²) >= 11 is 0. The molecule has 9 rings (SSSR count). The van der Waals surface area contributed by atoms with E-state index < -0.39 is 35.3 Å². The standard InChI is InChI=1S/C46H26F6N2O2/c47-45(48,49)31-19-21-33-34-22-20-32(46(50,51)52)26-40(34)53(39(33)25-31)38-18-10-17-35-41(38)44(56)54(43(35)55)42-36(28-13-6-2-7-14-28)23-30(27-11-4-1-5-12-27)24-37(42)29-15-8-3-9-16-29/h1-26H. The molecule has 0 N–H and O–H groups in total. The van der Waals surface area contributed by atoms with Crippen LogP contribution in [0, 0.1) is 0 Å². The molecule has 0 atom stereocenters. The quantitative estimate of drug-likeness (QED) is 0.130. The molecule has 10 heteroatoms. The molecular weight excluding hydrogens is 727 g/mol. The van der Waals surface area contributed by atoms with Crippen LogP contribution in [0.1, 0.15) is 31.8 Å². The summed E-state index contributed by atoms with van der Waals surface area (Å²) < 4.78 is 86.0. The lowest BCUT2D eigenvalue weighted by atomic mass is 9.90. The summed E-state index contributed by atoms with van der Waals surface area (Å²) in [5.74, 6) is -1.47. The normalized spacial score (nSPS) is 13.2. The monoisotopic (exact) mass is 752 g/mol. The van der Waals surface area contributed by atoms with E-state index in [1.807, 2.05) is 103 Å². The van der Waals surface area contributed by atoms with E-state index in [-0.39, 0.29) is 44.3 Å². The van der Waals surface area contributed by atoms with Crippen molar-refractivity contribution in [1.29, 1.82) is 0 Å². The van der Waals surface area contributed by atoms with Gasteiger partial charge in [0.2, 0.25) is 0 Å². The minimum absolute atomic E-state index is 0.0366. The number of benzene rings is 7. The van der Waals surface area contributed by atoms with Gasteiger partial charge in [-0.05, 0) is 70.8 Å². The predicted molar refractivity (Wildman–Crippen MR) is 205 cm³/mol. The Kier molecular flexibility index (Phi) is 7.98. The Morgan fingerprint density at radius 1 is 0.411 bits per heavy atom. The molecule has 0 saturated carbocycles. The van der Waals surface area contributed by atoms with E-state index in [1.165, 1.54) is 34.9 Å². The van der Waals surface area contributed by atoms with Crippen molar-refractivity contribution in [2.24, 2.45) is 0 Å². The minimum Gasteiger partial charge on any atom is -0.308 e. The van der Waals surface area contributed by atoms with Crippen molar-refractivity contribution in [3.63, 3.8) is 0 Å². The van der Waals surface area contributed by atoms with Crippen LogP contribution < -0.4 is 4.90 Å². The highest BCUT2D eigenvalue weighted by Gasteiger charge is 2.42. The molecule has 1 aromatic heterocycles. The zero-order chi connectivity index (χ0) is 38.9. The Labute approximate surface area is 315 Å². The van der Waals surface area contributed by atoms with Crippen molar-refractivity contribution < 1.29 is 35.9 Å². The molecule has 274 valence electrons. The average Bonchev–Trinajstić information content (AvgIpc) is 3.67. The number of rotatable bonds is 5. The molecule has 0 bridgehead atoms. The molecule has 2 amide bonds. The first-order valence-corrected chi connectivity index (χ1v) is 17.5. The summed E-state index contributed by atoms with van der Waals surface area (Å²) in [7, 11) is 0. The van der Waals surface area contributed by atoms with Gasteiger partial charge < -0.3 is 4.57 Å². The summed E-state index contributed by atoms with van der Waals surface area (Å²) in [6.07, 6.45) is -9.55. The van der Waals surface area contributed by atoms with Gasteiger partial charge in [0.25, 0.3) is 11.8 Å². The molecule has 4 nitrogen and oxygen atoms in total. The number of fused-ring (bicyclic) bond motifs is 4. The first kappa shape index (κ1) is 34.8. The molecule has 1 aliphatic rings. The molecule has 0 radical (unpaired) electrons. The highest BCUT2D eigenvalue weighted by Crippen LogP contribution is 2.47. The molecular formula is C46H26F6N2O2. The lowest BCUT2D eigenvalue weighted by Gasteiger charge is -2.24. The predicted octanol–water partition coefficient (Wildman–Crippen LogP) is 12.6. The first-order valence-electron chi connectivity index (χ1n) is 17.5. The number of alkyl halides is 6. The van der Waals surface area contributed by atoms with Crippen LogP contribution in [0.3, 0.4) is 0 Å². The number of nitrogens with zero attached hydrogens (tertiary/aromatic N) is 2. The van der Waals surface area contributed by atoms with E-state index in [0.29, 0.717) is 22.3 Å². The fourth-order valence-corrected chi connectivity index (χ4v) is 7.64. The number of hydrogen-bond donors (Lipinski definition) is 0. The van der Waals surface area contributed by atoms with Gasteiger partial charge in [0, 0.05) is 21.9 Å². The topological polar surface area (TPSA) is 42.3 Å². The van der Waals surface area contributed by atoms with Gasteiger partial charge in [-0.3, -0.25) is 9.59 Å². The number of halogens is 6. The van der Waals surface area contributed by atoms with Crippen LogP contribution in [0.4, 0.5) is 32.0 Å². The van der Waals surface area contributed by atoms with E-state index >= 15 is 4.79 Å². The molecule has 0 aliphatic carbocycles. The highest BCUT2D eigenvalue weighted by molar-refractivity contribution is 6.37. The van der Waals surface area contributed by atoms with E-state index in [4.69, 9.17) is 0 Å². The molecule has 56 heavy (non-hydrogen) atoms. The van der Waals surface area contributed by atoms with Gasteiger partial charge in [0.1, 0.15) is 0 Å². The molecule has 0 unspecified atom stereocenters. The maximum absolute atomic E-state index is 15.1. The number of carbonyl (C=O) groups excluding carboxylic acids is 2. The van der Waals surface area contributed by atoms with Crippen molar-refractivity contribution in [3.8, 4) is 39.1 Å². The van der Waals surface area contributed by atoms with Gasteiger partial charge in [-0.15, -0.1) is 0 Å². The third kappa shape index (κ3) is 5.64. The fraction of sp³-hybridized carbons (Fsp3) is 0.0435. The van der Waals surface area contributed by atoms with Crippen molar-refractivity contribution >= 4 is 39.3 Å². The number of imide groups is 1. The Balaban J connectivity index is 1.33. The maximum Gasteiger partial charge on any atom is 0.416 e. The lowest BCUT2D eigenvalue weighted by molar-refractivity contribution is -0.138. The number of aromatic nitrogens is 1. The summed E-state index contributed by atoms with van der Waals surface area (Å²) in [4.78, 5) is 30.9. The second-order valence-electron chi connectivity index (χ2n) is 13.5. The molecule has 0 saturated heterocycles. The van der Waals surface area contributed by atoms with Crippen molar-refractivity contribution in [3.05, 3.63) is 180 Å². The molecule has 8 aromatic rings. The Morgan fingerprint density at radius 2 is 0.875 bits per heavy atom. The van der Waals surface area contributed by atoms with Crippen molar-refractivity contribution in [1.82, 2.24) is 4.57 Å². The van der Waals surface area contributed by atoms with Crippen molar-refractivity contribution in [2.75, 3.05) is 4.90 Å².